The van der Waals surface area contributed by atoms with Crippen molar-refractivity contribution in [2.24, 2.45) is 0 Å². The van der Waals surface area contributed by atoms with Crippen molar-refractivity contribution in [3.05, 3.63) is 0 Å². The van der Waals surface area contributed by atoms with Gasteiger partial charge in [-0.1, -0.05) is 0 Å². The van der Waals surface area contributed by atoms with E-state index in [-0.39, 0.29) is 17.9 Å². The lowest BCUT2D eigenvalue weighted by molar-refractivity contribution is -0.130. The van der Waals surface area contributed by atoms with E-state index in [0.717, 1.165) is 38.8 Å². The summed E-state index contributed by atoms with van der Waals surface area (Å²) < 4.78 is 0. The van der Waals surface area contributed by atoms with Gasteiger partial charge in [0.15, 0.2) is 0 Å². The summed E-state index contributed by atoms with van der Waals surface area (Å²) in [5, 5.41) is 6.37. The summed E-state index contributed by atoms with van der Waals surface area (Å²) >= 11 is 0. The van der Waals surface area contributed by atoms with Gasteiger partial charge in [0.25, 0.3) is 0 Å². The van der Waals surface area contributed by atoms with Gasteiger partial charge in [0, 0.05) is 31.6 Å². The number of nitrogens with zero attached hydrogens (tertiary/aromatic N) is 1. The Morgan fingerprint density at radius 3 is 2.58 bits per heavy atom. The van der Waals surface area contributed by atoms with Crippen molar-refractivity contribution >= 4 is 11.8 Å². The van der Waals surface area contributed by atoms with Crippen molar-refractivity contribution in [1.82, 2.24) is 15.5 Å². The molecule has 3 fully saturated rings. The fourth-order valence-corrected chi connectivity index (χ4v) is 2.61. The van der Waals surface area contributed by atoms with Crippen LogP contribution in [0.1, 0.15) is 44.9 Å². The van der Waals surface area contributed by atoms with Gasteiger partial charge in [-0.15, -0.1) is 0 Å². The Morgan fingerprint density at radius 1 is 1.16 bits per heavy atom. The van der Waals surface area contributed by atoms with Crippen LogP contribution >= 0.6 is 0 Å². The van der Waals surface area contributed by atoms with Crippen LogP contribution in [-0.2, 0) is 9.59 Å². The number of rotatable bonds is 7. The third-order valence-corrected chi connectivity index (χ3v) is 4.09. The molecule has 3 rings (SSSR count). The normalized spacial score (nSPS) is 26.8. The third kappa shape index (κ3) is 3.69. The van der Waals surface area contributed by atoms with Crippen LogP contribution in [0.2, 0.25) is 0 Å². The van der Waals surface area contributed by atoms with E-state index in [1.165, 1.54) is 12.8 Å². The molecule has 2 N–H and O–H groups in total. The van der Waals surface area contributed by atoms with Crippen molar-refractivity contribution in [3.63, 3.8) is 0 Å². The first-order chi connectivity index (χ1) is 9.22. The number of nitrogens with one attached hydrogen (secondary N) is 2. The molecule has 1 heterocycles. The Morgan fingerprint density at radius 2 is 1.89 bits per heavy atom. The Hall–Kier alpha value is -1.10. The third-order valence-electron chi connectivity index (χ3n) is 4.09. The van der Waals surface area contributed by atoms with E-state index in [1.807, 2.05) is 4.90 Å². The van der Waals surface area contributed by atoms with Crippen molar-refractivity contribution in [2.75, 3.05) is 13.1 Å². The first kappa shape index (κ1) is 12.9. The Kier molecular flexibility index (Phi) is 3.73. The van der Waals surface area contributed by atoms with Gasteiger partial charge >= 0.3 is 0 Å². The van der Waals surface area contributed by atoms with Crippen LogP contribution in [0, 0.1) is 0 Å². The van der Waals surface area contributed by atoms with Gasteiger partial charge < -0.3 is 15.5 Å². The van der Waals surface area contributed by atoms with Crippen LogP contribution in [0.5, 0.6) is 0 Å². The van der Waals surface area contributed by atoms with Gasteiger partial charge in [0.1, 0.15) is 0 Å². The molecule has 2 aliphatic carbocycles. The maximum absolute atomic E-state index is 12.1. The lowest BCUT2D eigenvalue weighted by Crippen LogP contribution is -2.39. The van der Waals surface area contributed by atoms with Gasteiger partial charge in [0.05, 0.1) is 6.04 Å². The van der Waals surface area contributed by atoms with Crippen LogP contribution in [-0.4, -0.2) is 47.9 Å². The highest BCUT2D eigenvalue weighted by Crippen LogP contribution is 2.22. The summed E-state index contributed by atoms with van der Waals surface area (Å²) in [5.74, 6) is 0.372. The molecular weight excluding hydrogens is 242 g/mol. The molecule has 0 spiro atoms. The molecule has 106 valence electrons. The van der Waals surface area contributed by atoms with Crippen molar-refractivity contribution in [3.8, 4) is 0 Å². The van der Waals surface area contributed by atoms with E-state index in [4.69, 9.17) is 0 Å². The smallest absolute Gasteiger partial charge is 0.239 e. The molecule has 0 aromatic carbocycles. The van der Waals surface area contributed by atoms with Crippen LogP contribution in [0.4, 0.5) is 0 Å². The summed E-state index contributed by atoms with van der Waals surface area (Å²) in [5.41, 5.74) is 0. The Balaban J connectivity index is 1.33. The number of amides is 2. The summed E-state index contributed by atoms with van der Waals surface area (Å²) in [6.07, 6.45) is 6.93. The standard InChI is InChI=1S/C14H23N3O2/c18-13(16-11-5-6-11)2-1-8-17-9-7-12(14(17)19)15-10-3-4-10/h10-12,15H,1-9H2,(H,16,18). The topological polar surface area (TPSA) is 61.4 Å². The minimum atomic E-state index is 0.0350. The number of hydrogen-bond acceptors (Lipinski definition) is 3. The highest BCUT2D eigenvalue weighted by molar-refractivity contribution is 5.84. The van der Waals surface area contributed by atoms with E-state index in [9.17, 15) is 9.59 Å². The molecule has 1 atom stereocenters. The average molecular weight is 265 g/mol. The maximum Gasteiger partial charge on any atom is 0.239 e. The first-order valence-electron chi connectivity index (χ1n) is 7.56. The number of hydrogen-bond donors (Lipinski definition) is 2. The fourth-order valence-electron chi connectivity index (χ4n) is 2.61. The van der Waals surface area contributed by atoms with Gasteiger partial charge in [-0.2, -0.15) is 0 Å². The van der Waals surface area contributed by atoms with Gasteiger partial charge in [0.2, 0.25) is 11.8 Å². The summed E-state index contributed by atoms with van der Waals surface area (Å²) in [7, 11) is 0. The molecule has 1 aliphatic heterocycles. The van der Waals surface area contributed by atoms with Gasteiger partial charge in [-0.3, -0.25) is 9.59 Å². The zero-order chi connectivity index (χ0) is 13.2. The second kappa shape index (κ2) is 5.49. The zero-order valence-corrected chi connectivity index (χ0v) is 11.4. The predicted octanol–water partition coefficient (Wildman–Crippen LogP) is 0.398. The molecule has 1 saturated heterocycles. The van der Waals surface area contributed by atoms with Crippen LogP contribution < -0.4 is 10.6 Å². The molecule has 2 amide bonds. The highest BCUT2D eigenvalue weighted by atomic mass is 16.2. The molecule has 19 heavy (non-hydrogen) atoms. The van der Waals surface area contributed by atoms with E-state index < -0.39 is 0 Å². The average Bonchev–Trinajstić information content (AvgIpc) is 3.26. The van der Waals surface area contributed by atoms with Crippen molar-refractivity contribution in [1.29, 1.82) is 0 Å². The number of likely N-dealkylation sites (tertiary alicyclic amines) is 1. The van der Waals surface area contributed by atoms with Crippen LogP contribution in [0.15, 0.2) is 0 Å². The molecule has 0 radical (unpaired) electrons. The SMILES string of the molecule is O=C(CCCN1CCC(NC2CC2)C1=O)NC1CC1. The molecule has 2 saturated carbocycles. The molecule has 5 nitrogen and oxygen atoms in total. The van der Waals surface area contributed by atoms with Crippen LogP contribution in [0.3, 0.4) is 0 Å². The number of carbonyl (C=O) groups excluding carboxylic acids is 2. The Labute approximate surface area is 114 Å². The lowest BCUT2D eigenvalue weighted by Gasteiger charge is -2.16. The molecule has 0 aromatic rings. The minimum Gasteiger partial charge on any atom is -0.353 e. The molecular formula is C14H23N3O2. The quantitative estimate of drug-likeness (QED) is 0.700. The van der Waals surface area contributed by atoms with Crippen molar-refractivity contribution in [2.45, 2.75) is 63.1 Å². The number of carbonyl (C=O) groups is 2. The largest absolute Gasteiger partial charge is 0.353 e. The van der Waals surface area contributed by atoms with Gasteiger partial charge in [-0.25, -0.2) is 0 Å². The predicted molar refractivity (Wildman–Crippen MR) is 71.5 cm³/mol. The minimum absolute atomic E-state index is 0.0350. The summed E-state index contributed by atoms with van der Waals surface area (Å²) in [4.78, 5) is 25.5. The molecule has 0 aromatic heterocycles. The maximum atomic E-state index is 12.1. The van der Waals surface area contributed by atoms with Crippen LogP contribution in [0.25, 0.3) is 0 Å². The lowest BCUT2D eigenvalue weighted by atomic mass is 10.2. The van der Waals surface area contributed by atoms with E-state index >= 15 is 0 Å². The van der Waals surface area contributed by atoms with E-state index in [0.29, 0.717) is 18.5 Å². The van der Waals surface area contributed by atoms with E-state index in [1.54, 1.807) is 0 Å². The highest BCUT2D eigenvalue weighted by Gasteiger charge is 2.35. The second-order valence-corrected chi connectivity index (χ2v) is 6.05. The second-order valence-electron chi connectivity index (χ2n) is 6.05. The summed E-state index contributed by atoms with van der Waals surface area (Å²) in [6.45, 7) is 1.56. The van der Waals surface area contributed by atoms with Crippen molar-refractivity contribution < 1.29 is 9.59 Å². The summed E-state index contributed by atoms with van der Waals surface area (Å²) in [6, 6.07) is 1.05. The molecule has 5 heteroatoms. The molecule has 1 unspecified atom stereocenters. The Bertz CT molecular complexity index is 364. The van der Waals surface area contributed by atoms with E-state index in [2.05, 4.69) is 10.6 Å². The van der Waals surface area contributed by atoms with Gasteiger partial charge in [-0.05, 0) is 38.5 Å². The fraction of sp³-hybridized carbons (Fsp3) is 0.857. The zero-order valence-electron chi connectivity index (χ0n) is 11.4. The molecule has 3 aliphatic rings. The molecule has 0 bridgehead atoms. The first-order valence-corrected chi connectivity index (χ1v) is 7.56. The monoisotopic (exact) mass is 265 g/mol.